The van der Waals surface area contributed by atoms with Crippen molar-refractivity contribution in [2.45, 2.75) is 43.7 Å². The number of benzene rings is 1. The Morgan fingerprint density at radius 1 is 1.23 bits per heavy atom. The Morgan fingerprint density at radius 3 is 2.67 bits per heavy atom. The number of hydrogen-bond donors (Lipinski definition) is 0. The van der Waals surface area contributed by atoms with Gasteiger partial charge in [-0.3, -0.25) is 4.90 Å². The van der Waals surface area contributed by atoms with Crippen molar-refractivity contribution in [3.63, 3.8) is 0 Å². The lowest BCUT2D eigenvalue weighted by atomic mass is 9.90. The van der Waals surface area contributed by atoms with Gasteiger partial charge in [-0.25, -0.2) is 0 Å². The van der Waals surface area contributed by atoms with Crippen molar-refractivity contribution in [2.75, 3.05) is 40.5 Å². The molecule has 0 aliphatic carbocycles. The van der Waals surface area contributed by atoms with E-state index in [-0.39, 0.29) is 0 Å². The standard InChI is InChI=1S/C22H28N4O4/c1-27-19-13-16(14-23)3-4-18(19)15-26-9-7-22(28-2,8-10-26)21-24-20(25-30-21)17-5-11-29-12-6-17/h3-4,13,17H,5-12,15H2,1-2H3. The lowest BCUT2D eigenvalue weighted by molar-refractivity contribution is -0.0839. The number of hydrogen-bond acceptors (Lipinski definition) is 8. The maximum atomic E-state index is 9.09. The van der Waals surface area contributed by atoms with Gasteiger partial charge in [-0.2, -0.15) is 10.2 Å². The van der Waals surface area contributed by atoms with E-state index in [0.717, 1.165) is 75.7 Å². The monoisotopic (exact) mass is 412 g/mol. The first-order chi connectivity index (χ1) is 14.7. The number of rotatable bonds is 6. The number of likely N-dealkylation sites (tertiary alicyclic amines) is 1. The minimum absolute atomic E-state index is 0.300. The minimum atomic E-state index is -0.540. The van der Waals surface area contributed by atoms with Gasteiger partial charge >= 0.3 is 0 Å². The fourth-order valence-corrected chi connectivity index (χ4v) is 4.30. The molecule has 2 fully saturated rings. The molecule has 0 radical (unpaired) electrons. The number of nitriles is 1. The Labute approximate surface area is 176 Å². The van der Waals surface area contributed by atoms with Crippen LogP contribution in [0, 0.1) is 11.3 Å². The molecule has 4 rings (SSSR count). The highest BCUT2D eigenvalue weighted by Crippen LogP contribution is 2.37. The summed E-state index contributed by atoms with van der Waals surface area (Å²) in [4.78, 5) is 7.09. The van der Waals surface area contributed by atoms with Gasteiger partial charge in [-0.15, -0.1) is 0 Å². The summed E-state index contributed by atoms with van der Waals surface area (Å²) in [7, 11) is 3.36. The summed E-state index contributed by atoms with van der Waals surface area (Å²) in [6.45, 7) is 3.93. The summed E-state index contributed by atoms with van der Waals surface area (Å²) in [6, 6.07) is 7.74. The van der Waals surface area contributed by atoms with E-state index < -0.39 is 5.60 Å². The first-order valence-corrected chi connectivity index (χ1v) is 10.4. The molecule has 0 unspecified atom stereocenters. The predicted molar refractivity (Wildman–Crippen MR) is 108 cm³/mol. The molecule has 1 aromatic heterocycles. The lowest BCUT2D eigenvalue weighted by Gasteiger charge is -2.38. The van der Waals surface area contributed by atoms with Crippen LogP contribution in [0.4, 0.5) is 0 Å². The molecule has 2 aliphatic heterocycles. The SMILES string of the molecule is COc1cc(C#N)ccc1CN1CCC(OC)(c2nc(C3CCOCC3)no2)CC1. The summed E-state index contributed by atoms with van der Waals surface area (Å²) < 4.78 is 22.5. The zero-order valence-electron chi connectivity index (χ0n) is 17.6. The highest BCUT2D eigenvalue weighted by Gasteiger charge is 2.42. The van der Waals surface area contributed by atoms with Crippen LogP contribution in [-0.4, -0.2) is 55.6 Å². The second kappa shape index (κ2) is 9.13. The Morgan fingerprint density at radius 2 is 2.00 bits per heavy atom. The average molecular weight is 412 g/mol. The predicted octanol–water partition coefficient (Wildman–Crippen LogP) is 2.98. The molecule has 160 valence electrons. The average Bonchev–Trinajstić information content (AvgIpc) is 3.31. The first-order valence-electron chi connectivity index (χ1n) is 10.4. The molecular weight excluding hydrogens is 384 g/mol. The molecule has 0 amide bonds. The van der Waals surface area contributed by atoms with Gasteiger partial charge in [0, 0.05) is 51.4 Å². The molecule has 8 heteroatoms. The van der Waals surface area contributed by atoms with E-state index in [0.29, 0.717) is 17.4 Å². The number of aromatic nitrogens is 2. The fraction of sp³-hybridized carbons (Fsp3) is 0.591. The Hall–Kier alpha value is -2.47. The highest BCUT2D eigenvalue weighted by molar-refractivity contribution is 5.42. The highest BCUT2D eigenvalue weighted by atomic mass is 16.5. The van der Waals surface area contributed by atoms with Gasteiger partial charge in [-0.05, 0) is 37.8 Å². The van der Waals surface area contributed by atoms with Crippen molar-refractivity contribution >= 4 is 0 Å². The van der Waals surface area contributed by atoms with Crippen LogP contribution in [0.5, 0.6) is 5.75 Å². The van der Waals surface area contributed by atoms with Gasteiger partial charge in [0.2, 0.25) is 0 Å². The third-order valence-corrected chi connectivity index (χ3v) is 6.28. The summed E-state index contributed by atoms with van der Waals surface area (Å²) in [5.74, 6) is 2.40. The zero-order valence-corrected chi connectivity index (χ0v) is 17.6. The Bertz CT molecular complexity index is 893. The van der Waals surface area contributed by atoms with Crippen LogP contribution < -0.4 is 4.74 Å². The molecule has 30 heavy (non-hydrogen) atoms. The molecule has 2 aromatic rings. The van der Waals surface area contributed by atoms with Gasteiger partial charge in [0.05, 0.1) is 18.7 Å². The van der Waals surface area contributed by atoms with Crippen LogP contribution in [-0.2, 0) is 21.6 Å². The molecule has 1 aromatic carbocycles. The molecule has 8 nitrogen and oxygen atoms in total. The first kappa shape index (κ1) is 20.8. The Kier molecular flexibility index (Phi) is 6.32. The van der Waals surface area contributed by atoms with Gasteiger partial charge in [0.1, 0.15) is 11.4 Å². The summed E-state index contributed by atoms with van der Waals surface area (Å²) >= 11 is 0. The number of piperidine rings is 1. The number of ether oxygens (including phenoxy) is 3. The number of nitrogens with zero attached hydrogens (tertiary/aromatic N) is 4. The van der Waals surface area contributed by atoms with Gasteiger partial charge in [0.25, 0.3) is 5.89 Å². The molecule has 2 aliphatic rings. The van der Waals surface area contributed by atoms with Crippen molar-refractivity contribution in [2.24, 2.45) is 0 Å². The van der Waals surface area contributed by atoms with Crippen LogP contribution >= 0.6 is 0 Å². The van der Waals surface area contributed by atoms with Crippen molar-refractivity contribution in [3.05, 3.63) is 41.0 Å². The van der Waals surface area contributed by atoms with E-state index in [9.17, 15) is 0 Å². The third-order valence-electron chi connectivity index (χ3n) is 6.28. The van der Waals surface area contributed by atoms with E-state index in [2.05, 4.69) is 16.1 Å². The second-order valence-corrected chi connectivity index (χ2v) is 7.96. The van der Waals surface area contributed by atoms with Gasteiger partial charge in [0.15, 0.2) is 5.82 Å². The maximum Gasteiger partial charge on any atom is 0.258 e. The quantitative estimate of drug-likeness (QED) is 0.715. The normalized spacial score (nSPS) is 20.0. The molecular formula is C22H28N4O4. The maximum absolute atomic E-state index is 9.09. The van der Waals surface area contributed by atoms with Gasteiger partial charge < -0.3 is 18.7 Å². The van der Waals surface area contributed by atoms with Crippen molar-refractivity contribution in [1.29, 1.82) is 5.26 Å². The molecule has 0 saturated carbocycles. The van der Waals surface area contributed by atoms with Crippen LogP contribution in [0.1, 0.15) is 54.4 Å². The molecule has 3 heterocycles. The van der Waals surface area contributed by atoms with E-state index in [1.54, 1.807) is 20.3 Å². The lowest BCUT2D eigenvalue weighted by Crippen LogP contribution is -2.43. The van der Waals surface area contributed by atoms with Crippen molar-refractivity contribution < 1.29 is 18.7 Å². The molecule has 0 bridgehead atoms. The van der Waals surface area contributed by atoms with Crippen LogP contribution in [0.3, 0.4) is 0 Å². The Balaban J connectivity index is 1.42. The smallest absolute Gasteiger partial charge is 0.258 e. The largest absolute Gasteiger partial charge is 0.496 e. The van der Waals surface area contributed by atoms with Crippen LogP contribution in [0.2, 0.25) is 0 Å². The molecule has 2 saturated heterocycles. The third kappa shape index (κ3) is 4.19. The van der Waals surface area contributed by atoms with E-state index in [4.69, 9.17) is 29.0 Å². The van der Waals surface area contributed by atoms with E-state index in [1.165, 1.54) is 0 Å². The van der Waals surface area contributed by atoms with E-state index in [1.807, 2.05) is 12.1 Å². The van der Waals surface area contributed by atoms with Crippen molar-refractivity contribution in [3.8, 4) is 11.8 Å². The number of methoxy groups -OCH3 is 2. The fourth-order valence-electron chi connectivity index (χ4n) is 4.30. The molecule has 0 N–H and O–H groups in total. The van der Waals surface area contributed by atoms with Crippen LogP contribution in [0.25, 0.3) is 0 Å². The summed E-state index contributed by atoms with van der Waals surface area (Å²) in [6.07, 6.45) is 3.41. The van der Waals surface area contributed by atoms with Gasteiger partial charge in [-0.1, -0.05) is 11.2 Å². The van der Waals surface area contributed by atoms with Crippen LogP contribution in [0.15, 0.2) is 22.7 Å². The topological polar surface area (TPSA) is 93.6 Å². The van der Waals surface area contributed by atoms with Crippen molar-refractivity contribution in [1.82, 2.24) is 15.0 Å². The minimum Gasteiger partial charge on any atom is -0.496 e. The van der Waals surface area contributed by atoms with E-state index >= 15 is 0 Å². The second-order valence-electron chi connectivity index (χ2n) is 7.96. The zero-order chi connectivity index (χ0) is 21.0. The summed E-state index contributed by atoms with van der Waals surface area (Å²) in [5, 5.41) is 13.3. The molecule has 0 spiro atoms. The summed E-state index contributed by atoms with van der Waals surface area (Å²) in [5.41, 5.74) is 1.13. The molecule has 0 atom stereocenters.